The van der Waals surface area contributed by atoms with Gasteiger partial charge in [0.2, 0.25) is 0 Å². The molecule has 1 fully saturated rings. The number of hydrogen-bond donors (Lipinski definition) is 1. The zero-order valence-corrected chi connectivity index (χ0v) is 12.5. The van der Waals surface area contributed by atoms with Gasteiger partial charge in [0.05, 0.1) is 12.6 Å². The van der Waals surface area contributed by atoms with Crippen LogP contribution in [0.5, 0.6) is 0 Å². The van der Waals surface area contributed by atoms with Gasteiger partial charge in [-0.2, -0.15) is 0 Å². The van der Waals surface area contributed by atoms with E-state index in [2.05, 4.69) is 46.3 Å². The van der Waals surface area contributed by atoms with E-state index in [4.69, 9.17) is 0 Å². The smallest absolute Gasteiger partial charge is 0.165 e. The van der Waals surface area contributed by atoms with E-state index < -0.39 is 0 Å². The fourth-order valence-electron chi connectivity index (χ4n) is 2.88. The minimum absolute atomic E-state index is 0.508. The SMILES string of the molecule is CCC1CCC(n2nnnc2CNCC(C)C)CC1. The fourth-order valence-corrected chi connectivity index (χ4v) is 2.88. The highest BCUT2D eigenvalue weighted by atomic mass is 15.6. The van der Waals surface area contributed by atoms with E-state index in [1.807, 2.05) is 0 Å². The van der Waals surface area contributed by atoms with Crippen molar-refractivity contribution in [3.8, 4) is 0 Å². The summed E-state index contributed by atoms with van der Waals surface area (Å²) in [6.07, 6.45) is 6.40. The molecule has 108 valence electrons. The lowest BCUT2D eigenvalue weighted by molar-refractivity contribution is 0.248. The van der Waals surface area contributed by atoms with Gasteiger partial charge in [0.1, 0.15) is 0 Å². The minimum atomic E-state index is 0.508. The number of aromatic nitrogens is 4. The minimum Gasteiger partial charge on any atom is -0.310 e. The third-order valence-corrected chi connectivity index (χ3v) is 4.14. The molecule has 1 aliphatic carbocycles. The Balaban J connectivity index is 1.88. The molecule has 0 aliphatic heterocycles. The van der Waals surface area contributed by atoms with Gasteiger partial charge < -0.3 is 5.32 Å². The Hall–Kier alpha value is -0.970. The van der Waals surface area contributed by atoms with Crippen LogP contribution in [0.4, 0.5) is 0 Å². The molecule has 0 radical (unpaired) electrons. The van der Waals surface area contributed by atoms with E-state index >= 15 is 0 Å². The van der Waals surface area contributed by atoms with Crippen molar-refractivity contribution in [3.63, 3.8) is 0 Å². The largest absolute Gasteiger partial charge is 0.310 e. The Bertz CT molecular complexity index is 366. The summed E-state index contributed by atoms with van der Waals surface area (Å²) in [4.78, 5) is 0. The van der Waals surface area contributed by atoms with E-state index in [9.17, 15) is 0 Å². The lowest BCUT2D eigenvalue weighted by atomic mass is 9.84. The number of tetrazole rings is 1. The van der Waals surface area contributed by atoms with Gasteiger partial charge in [-0.05, 0) is 54.5 Å². The van der Waals surface area contributed by atoms with Crippen molar-refractivity contribution in [1.82, 2.24) is 25.5 Å². The molecule has 1 aliphatic rings. The summed E-state index contributed by atoms with van der Waals surface area (Å²) in [5, 5.41) is 15.7. The second-order valence-electron chi connectivity index (χ2n) is 6.15. The summed E-state index contributed by atoms with van der Waals surface area (Å²) in [7, 11) is 0. The highest BCUT2D eigenvalue weighted by Crippen LogP contribution is 2.33. The Labute approximate surface area is 116 Å². The molecule has 5 heteroatoms. The van der Waals surface area contributed by atoms with Crippen LogP contribution in [-0.4, -0.2) is 26.8 Å². The molecule has 5 nitrogen and oxygen atoms in total. The normalized spacial score (nSPS) is 24.0. The third kappa shape index (κ3) is 4.00. The van der Waals surface area contributed by atoms with Crippen molar-refractivity contribution in [1.29, 1.82) is 0 Å². The summed E-state index contributed by atoms with van der Waals surface area (Å²) in [5.41, 5.74) is 0. The van der Waals surface area contributed by atoms with Crippen LogP contribution >= 0.6 is 0 Å². The van der Waals surface area contributed by atoms with Gasteiger partial charge in [0, 0.05) is 0 Å². The number of nitrogens with one attached hydrogen (secondary N) is 1. The van der Waals surface area contributed by atoms with Crippen LogP contribution in [0.2, 0.25) is 0 Å². The molecule has 2 rings (SSSR count). The molecule has 0 saturated heterocycles. The molecule has 1 N–H and O–H groups in total. The summed E-state index contributed by atoms with van der Waals surface area (Å²) in [6.45, 7) is 8.50. The lowest BCUT2D eigenvalue weighted by Gasteiger charge is -2.28. The molecule has 0 unspecified atom stereocenters. The molecule has 1 aromatic heterocycles. The van der Waals surface area contributed by atoms with Crippen LogP contribution in [0.3, 0.4) is 0 Å². The molecule has 0 atom stereocenters. The van der Waals surface area contributed by atoms with Crippen LogP contribution in [0.25, 0.3) is 0 Å². The van der Waals surface area contributed by atoms with Crippen molar-refractivity contribution in [2.24, 2.45) is 11.8 Å². The molecule has 19 heavy (non-hydrogen) atoms. The van der Waals surface area contributed by atoms with E-state index in [0.29, 0.717) is 12.0 Å². The Kier molecular flexibility index (Phi) is 5.31. The molecular formula is C14H27N5. The predicted molar refractivity (Wildman–Crippen MR) is 75.6 cm³/mol. The van der Waals surface area contributed by atoms with Crippen LogP contribution in [0, 0.1) is 11.8 Å². The van der Waals surface area contributed by atoms with Crippen molar-refractivity contribution in [2.75, 3.05) is 6.54 Å². The van der Waals surface area contributed by atoms with Crippen LogP contribution in [-0.2, 0) is 6.54 Å². The first kappa shape index (κ1) is 14.4. The van der Waals surface area contributed by atoms with E-state index in [1.54, 1.807) is 0 Å². The third-order valence-electron chi connectivity index (χ3n) is 4.14. The molecule has 1 saturated carbocycles. The van der Waals surface area contributed by atoms with Gasteiger partial charge in [-0.1, -0.05) is 27.2 Å². The number of nitrogens with zero attached hydrogens (tertiary/aromatic N) is 4. The molecule has 0 spiro atoms. The monoisotopic (exact) mass is 265 g/mol. The second-order valence-corrected chi connectivity index (χ2v) is 6.15. The summed E-state index contributed by atoms with van der Waals surface area (Å²) >= 11 is 0. The predicted octanol–water partition coefficient (Wildman–Crippen LogP) is 2.56. The first-order chi connectivity index (χ1) is 9.20. The molecule has 0 aromatic carbocycles. The number of rotatable bonds is 6. The maximum absolute atomic E-state index is 4.20. The second kappa shape index (κ2) is 6.98. The highest BCUT2D eigenvalue weighted by Gasteiger charge is 2.24. The van der Waals surface area contributed by atoms with Gasteiger partial charge in [-0.25, -0.2) is 4.68 Å². The van der Waals surface area contributed by atoms with Crippen molar-refractivity contribution < 1.29 is 0 Å². The van der Waals surface area contributed by atoms with E-state index in [-0.39, 0.29) is 0 Å². The molecule has 0 bridgehead atoms. The maximum atomic E-state index is 4.20. The first-order valence-corrected chi connectivity index (χ1v) is 7.68. The van der Waals surface area contributed by atoms with Gasteiger partial charge in [-0.3, -0.25) is 0 Å². The average molecular weight is 265 g/mol. The lowest BCUT2D eigenvalue weighted by Crippen LogP contribution is -2.25. The van der Waals surface area contributed by atoms with Gasteiger partial charge in [-0.15, -0.1) is 5.10 Å². The quantitative estimate of drug-likeness (QED) is 0.859. The molecular weight excluding hydrogens is 238 g/mol. The molecule has 1 aromatic rings. The molecule has 0 amide bonds. The van der Waals surface area contributed by atoms with E-state index in [0.717, 1.165) is 24.8 Å². The summed E-state index contributed by atoms with van der Waals surface area (Å²) in [6, 6.07) is 0.508. The van der Waals surface area contributed by atoms with E-state index in [1.165, 1.54) is 32.1 Å². The Morgan fingerprint density at radius 1 is 1.26 bits per heavy atom. The van der Waals surface area contributed by atoms with Crippen LogP contribution in [0.15, 0.2) is 0 Å². The Morgan fingerprint density at radius 2 is 2.00 bits per heavy atom. The molecule has 1 heterocycles. The Morgan fingerprint density at radius 3 is 2.63 bits per heavy atom. The van der Waals surface area contributed by atoms with Crippen molar-refractivity contribution in [2.45, 2.75) is 65.5 Å². The van der Waals surface area contributed by atoms with Crippen molar-refractivity contribution >= 4 is 0 Å². The van der Waals surface area contributed by atoms with Gasteiger partial charge in [0.25, 0.3) is 0 Å². The highest BCUT2D eigenvalue weighted by molar-refractivity contribution is 4.86. The zero-order valence-electron chi connectivity index (χ0n) is 12.5. The van der Waals surface area contributed by atoms with Gasteiger partial charge >= 0.3 is 0 Å². The average Bonchev–Trinajstić information content (AvgIpc) is 2.87. The first-order valence-electron chi connectivity index (χ1n) is 7.68. The summed E-state index contributed by atoms with van der Waals surface area (Å²) < 4.78 is 2.05. The van der Waals surface area contributed by atoms with Crippen molar-refractivity contribution in [3.05, 3.63) is 5.82 Å². The fraction of sp³-hybridized carbons (Fsp3) is 0.929. The zero-order chi connectivity index (χ0) is 13.7. The van der Waals surface area contributed by atoms with Crippen LogP contribution < -0.4 is 5.32 Å². The summed E-state index contributed by atoms with van der Waals surface area (Å²) in [5.74, 6) is 2.56. The maximum Gasteiger partial charge on any atom is 0.165 e. The number of hydrogen-bond acceptors (Lipinski definition) is 4. The van der Waals surface area contributed by atoms with Gasteiger partial charge in [0.15, 0.2) is 5.82 Å². The topological polar surface area (TPSA) is 55.6 Å². The van der Waals surface area contributed by atoms with Crippen LogP contribution in [0.1, 0.15) is 64.7 Å². The standard InChI is InChI=1S/C14H27N5/c1-4-12-5-7-13(8-6-12)19-14(16-17-18-19)10-15-9-11(2)3/h11-13,15H,4-10H2,1-3H3.